The number of hydrazine groups is 1. The molecule has 0 unspecified atom stereocenters. The van der Waals surface area contributed by atoms with Crippen molar-refractivity contribution in [1.29, 1.82) is 0 Å². The Morgan fingerprint density at radius 2 is 1.28 bits per heavy atom. The predicted octanol–water partition coefficient (Wildman–Crippen LogP) is 3.41. The van der Waals surface area contributed by atoms with Gasteiger partial charge in [0, 0.05) is 0 Å². The summed E-state index contributed by atoms with van der Waals surface area (Å²) in [5.41, 5.74) is 4.61. The summed E-state index contributed by atoms with van der Waals surface area (Å²) in [6, 6.07) is 16.8. The molecule has 2 N–H and O–H groups in total. The van der Waals surface area contributed by atoms with E-state index < -0.39 is 0 Å². The molecule has 2 aromatic rings. The van der Waals surface area contributed by atoms with E-state index in [1.807, 2.05) is 6.07 Å². The normalized spacial score (nSPS) is 10.7. The van der Waals surface area contributed by atoms with Crippen molar-refractivity contribution in [2.45, 2.75) is 33.1 Å². The van der Waals surface area contributed by atoms with Gasteiger partial charge in [0.15, 0.2) is 0 Å². The highest BCUT2D eigenvalue weighted by Crippen LogP contribution is 2.25. The van der Waals surface area contributed by atoms with Crippen molar-refractivity contribution in [2.24, 2.45) is 0 Å². The average molecular weight is 342 g/mol. The van der Waals surface area contributed by atoms with Gasteiger partial charge >= 0.3 is 0 Å². The summed E-state index contributed by atoms with van der Waals surface area (Å²) < 4.78 is 0. The Labute approximate surface area is 151 Å². The van der Waals surface area contributed by atoms with E-state index in [2.05, 4.69) is 66.3 Å². The number of aliphatic hydroxyl groups is 2. The zero-order chi connectivity index (χ0) is 18.1. The van der Waals surface area contributed by atoms with Gasteiger partial charge in [-0.3, -0.25) is 10.0 Å². The first-order valence-electron chi connectivity index (χ1n) is 9.18. The Balaban J connectivity index is 2.40. The van der Waals surface area contributed by atoms with Crippen molar-refractivity contribution in [3.05, 3.63) is 59.7 Å². The molecule has 0 aromatic heterocycles. The number of hydrogen-bond donors (Lipinski definition) is 2. The largest absolute Gasteiger partial charge is 0.394 e. The zero-order valence-electron chi connectivity index (χ0n) is 15.4. The fourth-order valence-corrected chi connectivity index (χ4v) is 3.07. The highest BCUT2D eigenvalue weighted by molar-refractivity contribution is 5.59. The SMILES string of the molecule is CCCc1cccc(N(CCO)N(CCO)c2cccc(CC)c2)c1. The highest BCUT2D eigenvalue weighted by Gasteiger charge is 2.17. The number of nitrogens with zero attached hydrogens (tertiary/aromatic N) is 2. The summed E-state index contributed by atoms with van der Waals surface area (Å²) in [6.07, 6.45) is 3.10. The summed E-state index contributed by atoms with van der Waals surface area (Å²) in [5.74, 6) is 0. The molecule has 0 atom stereocenters. The fraction of sp³-hybridized carbons (Fsp3) is 0.429. The minimum absolute atomic E-state index is 0.0485. The first kappa shape index (κ1) is 19.3. The van der Waals surface area contributed by atoms with Crippen LogP contribution in [0.3, 0.4) is 0 Å². The van der Waals surface area contributed by atoms with Crippen LogP contribution in [0, 0.1) is 0 Å². The van der Waals surface area contributed by atoms with Crippen molar-refractivity contribution in [2.75, 3.05) is 36.3 Å². The van der Waals surface area contributed by atoms with Gasteiger partial charge in [-0.2, -0.15) is 0 Å². The van der Waals surface area contributed by atoms with Crippen LogP contribution in [0.25, 0.3) is 0 Å². The molecule has 136 valence electrons. The zero-order valence-corrected chi connectivity index (χ0v) is 15.4. The van der Waals surface area contributed by atoms with E-state index in [-0.39, 0.29) is 13.2 Å². The van der Waals surface area contributed by atoms with E-state index in [0.717, 1.165) is 30.6 Å². The summed E-state index contributed by atoms with van der Waals surface area (Å²) in [4.78, 5) is 0. The molecular weight excluding hydrogens is 312 g/mol. The van der Waals surface area contributed by atoms with Crippen LogP contribution >= 0.6 is 0 Å². The van der Waals surface area contributed by atoms with Gasteiger partial charge in [-0.05, 0) is 48.2 Å². The molecule has 0 spiro atoms. The minimum Gasteiger partial charge on any atom is -0.394 e. The number of benzene rings is 2. The lowest BCUT2D eigenvalue weighted by Crippen LogP contribution is -2.46. The van der Waals surface area contributed by atoms with Crippen LogP contribution in [0.5, 0.6) is 0 Å². The molecule has 4 heteroatoms. The number of hydrogen-bond acceptors (Lipinski definition) is 4. The van der Waals surface area contributed by atoms with Gasteiger partial charge in [0.05, 0.1) is 37.7 Å². The Bertz CT molecular complexity index is 645. The van der Waals surface area contributed by atoms with Crippen LogP contribution in [0.1, 0.15) is 31.4 Å². The maximum Gasteiger partial charge on any atom is 0.0628 e. The lowest BCUT2D eigenvalue weighted by atomic mass is 10.1. The van der Waals surface area contributed by atoms with E-state index >= 15 is 0 Å². The molecule has 0 aliphatic heterocycles. The van der Waals surface area contributed by atoms with Gasteiger partial charge in [-0.1, -0.05) is 44.5 Å². The Kier molecular flexibility index (Phi) is 7.76. The predicted molar refractivity (Wildman–Crippen MR) is 105 cm³/mol. The van der Waals surface area contributed by atoms with Crippen LogP contribution in [0.15, 0.2) is 48.5 Å². The molecule has 2 rings (SSSR count). The van der Waals surface area contributed by atoms with E-state index in [9.17, 15) is 10.2 Å². The number of aryl methyl sites for hydroxylation is 2. The van der Waals surface area contributed by atoms with Crippen LogP contribution in [0.4, 0.5) is 11.4 Å². The van der Waals surface area contributed by atoms with Crippen molar-refractivity contribution in [3.8, 4) is 0 Å². The summed E-state index contributed by atoms with van der Waals surface area (Å²) in [7, 11) is 0. The van der Waals surface area contributed by atoms with E-state index in [1.54, 1.807) is 0 Å². The van der Waals surface area contributed by atoms with Gasteiger partial charge in [0.1, 0.15) is 0 Å². The number of rotatable bonds is 10. The molecule has 0 saturated carbocycles. The van der Waals surface area contributed by atoms with Crippen LogP contribution in [-0.4, -0.2) is 36.5 Å². The maximum absolute atomic E-state index is 9.60. The second-order valence-corrected chi connectivity index (χ2v) is 6.14. The maximum atomic E-state index is 9.60. The standard InChI is InChI=1S/C21H30N2O2/c1-3-7-19-9-6-11-21(17-19)23(13-15-25)22(12-14-24)20-10-5-8-18(4-2)16-20/h5-6,8-11,16-17,24-25H,3-4,7,12-15H2,1-2H3. The number of anilines is 2. The molecule has 0 fully saturated rings. The molecule has 0 aliphatic carbocycles. The third-order valence-electron chi connectivity index (χ3n) is 4.28. The molecular formula is C21H30N2O2. The van der Waals surface area contributed by atoms with E-state index in [0.29, 0.717) is 13.1 Å². The first-order chi connectivity index (χ1) is 12.2. The van der Waals surface area contributed by atoms with Gasteiger partial charge in [0.2, 0.25) is 0 Å². The first-order valence-corrected chi connectivity index (χ1v) is 9.18. The van der Waals surface area contributed by atoms with Gasteiger partial charge < -0.3 is 10.2 Å². The van der Waals surface area contributed by atoms with E-state index in [4.69, 9.17) is 0 Å². The van der Waals surface area contributed by atoms with Crippen molar-refractivity contribution >= 4 is 11.4 Å². The minimum atomic E-state index is 0.0485. The van der Waals surface area contributed by atoms with Crippen LogP contribution in [-0.2, 0) is 12.8 Å². The van der Waals surface area contributed by atoms with Gasteiger partial charge in [-0.25, -0.2) is 0 Å². The van der Waals surface area contributed by atoms with Gasteiger partial charge in [-0.15, -0.1) is 0 Å². The smallest absolute Gasteiger partial charge is 0.0628 e. The second-order valence-electron chi connectivity index (χ2n) is 6.14. The van der Waals surface area contributed by atoms with Gasteiger partial charge in [0.25, 0.3) is 0 Å². The second kappa shape index (κ2) is 10.1. The fourth-order valence-electron chi connectivity index (χ4n) is 3.07. The Morgan fingerprint density at radius 1 is 0.760 bits per heavy atom. The summed E-state index contributed by atoms with van der Waals surface area (Å²) in [6.45, 7) is 5.36. The quantitative estimate of drug-likeness (QED) is 0.650. The van der Waals surface area contributed by atoms with Crippen LogP contribution in [0.2, 0.25) is 0 Å². The Hall–Kier alpha value is -2.04. The molecule has 0 bridgehead atoms. The highest BCUT2D eigenvalue weighted by atomic mass is 16.3. The molecule has 0 aliphatic rings. The number of aliphatic hydroxyl groups excluding tert-OH is 2. The lowest BCUT2D eigenvalue weighted by molar-refractivity contribution is 0.287. The van der Waals surface area contributed by atoms with Crippen molar-refractivity contribution < 1.29 is 10.2 Å². The average Bonchev–Trinajstić information content (AvgIpc) is 2.65. The molecule has 0 saturated heterocycles. The molecule has 4 nitrogen and oxygen atoms in total. The monoisotopic (exact) mass is 342 g/mol. The van der Waals surface area contributed by atoms with Crippen molar-refractivity contribution in [1.82, 2.24) is 0 Å². The molecule has 0 radical (unpaired) electrons. The Morgan fingerprint density at radius 3 is 1.76 bits per heavy atom. The summed E-state index contributed by atoms with van der Waals surface area (Å²) in [5, 5.41) is 23.3. The molecule has 0 heterocycles. The van der Waals surface area contributed by atoms with E-state index in [1.165, 1.54) is 11.1 Å². The summed E-state index contributed by atoms with van der Waals surface area (Å²) >= 11 is 0. The molecule has 2 aromatic carbocycles. The third-order valence-corrected chi connectivity index (χ3v) is 4.28. The third kappa shape index (κ3) is 5.21. The van der Waals surface area contributed by atoms with Crippen molar-refractivity contribution in [3.63, 3.8) is 0 Å². The lowest BCUT2D eigenvalue weighted by Gasteiger charge is -2.38. The molecule has 25 heavy (non-hydrogen) atoms. The molecule has 0 amide bonds. The topological polar surface area (TPSA) is 46.9 Å². The van der Waals surface area contributed by atoms with Crippen LogP contribution < -0.4 is 10.0 Å².